The second-order valence-corrected chi connectivity index (χ2v) is 7.12. The number of hydrogen-bond acceptors (Lipinski definition) is 3. The van der Waals surface area contributed by atoms with Gasteiger partial charge in [0.25, 0.3) is 0 Å². The average Bonchev–Trinajstić information content (AvgIpc) is 2.68. The molecule has 0 bridgehead atoms. The van der Waals surface area contributed by atoms with Crippen LogP contribution in [0.5, 0.6) is 0 Å². The van der Waals surface area contributed by atoms with Crippen molar-refractivity contribution in [2.75, 3.05) is 13.2 Å². The normalized spacial score (nSPS) is 20.7. The highest BCUT2D eigenvalue weighted by Crippen LogP contribution is 2.33. The Balaban J connectivity index is 1.78. The number of nitrogens with one attached hydrogen (secondary N) is 1. The molecule has 128 valence electrons. The molecule has 1 saturated heterocycles. The number of pyridine rings is 1. The molecule has 1 fully saturated rings. The van der Waals surface area contributed by atoms with Gasteiger partial charge in [0.2, 0.25) is 0 Å². The third-order valence-electron chi connectivity index (χ3n) is 5.06. The smallest absolute Gasteiger partial charge is 0.0712 e. The summed E-state index contributed by atoms with van der Waals surface area (Å²) in [6.07, 6.45) is 2.07. The van der Waals surface area contributed by atoms with Crippen LogP contribution in [0.1, 0.15) is 24.3 Å². The van der Waals surface area contributed by atoms with Crippen LogP contribution in [0.25, 0.3) is 22.2 Å². The van der Waals surface area contributed by atoms with Gasteiger partial charge in [-0.2, -0.15) is 0 Å². The minimum absolute atomic E-state index is 0.208. The summed E-state index contributed by atoms with van der Waals surface area (Å²) >= 11 is 6.03. The van der Waals surface area contributed by atoms with Crippen molar-refractivity contribution < 1.29 is 5.11 Å². The molecule has 0 amide bonds. The lowest BCUT2D eigenvalue weighted by Crippen LogP contribution is -2.40. The van der Waals surface area contributed by atoms with Crippen molar-refractivity contribution in [3.63, 3.8) is 0 Å². The number of aliphatic hydroxyl groups is 1. The van der Waals surface area contributed by atoms with Gasteiger partial charge < -0.3 is 10.4 Å². The number of aromatic nitrogens is 1. The number of halogens is 1. The fourth-order valence-electron chi connectivity index (χ4n) is 3.65. The van der Waals surface area contributed by atoms with Crippen LogP contribution in [0.2, 0.25) is 5.02 Å². The summed E-state index contributed by atoms with van der Waals surface area (Å²) in [7, 11) is 0. The van der Waals surface area contributed by atoms with Gasteiger partial charge in [0, 0.05) is 28.6 Å². The molecule has 1 unspecified atom stereocenters. The second-order valence-electron chi connectivity index (χ2n) is 6.68. The SMILES string of the molecule is OC[C@H]1CCC(c2cc(-c3ccc(Cl)cc3)nc3ccccc23)CN1. The van der Waals surface area contributed by atoms with E-state index < -0.39 is 0 Å². The molecule has 3 nitrogen and oxygen atoms in total. The van der Waals surface area contributed by atoms with E-state index >= 15 is 0 Å². The number of aliphatic hydroxyl groups excluding tert-OH is 1. The number of rotatable bonds is 3. The van der Waals surface area contributed by atoms with Crippen molar-refractivity contribution in [1.82, 2.24) is 10.3 Å². The second kappa shape index (κ2) is 7.12. The Labute approximate surface area is 152 Å². The average molecular weight is 353 g/mol. The molecule has 2 atom stereocenters. The Morgan fingerprint density at radius 1 is 1.08 bits per heavy atom. The van der Waals surface area contributed by atoms with Gasteiger partial charge >= 0.3 is 0 Å². The number of benzene rings is 2. The van der Waals surface area contributed by atoms with E-state index in [0.717, 1.165) is 41.2 Å². The first-order chi connectivity index (χ1) is 12.2. The monoisotopic (exact) mass is 352 g/mol. The molecule has 0 radical (unpaired) electrons. The summed E-state index contributed by atoms with van der Waals surface area (Å²) in [5.41, 5.74) is 4.41. The molecular weight excluding hydrogens is 332 g/mol. The maximum atomic E-state index is 9.35. The van der Waals surface area contributed by atoms with Gasteiger partial charge in [0.05, 0.1) is 17.8 Å². The third kappa shape index (κ3) is 3.40. The van der Waals surface area contributed by atoms with Crippen LogP contribution in [0.3, 0.4) is 0 Å². The topological polar surface area (TPSA) is 45.2 Å². The lowest BCUT2D eigenvalue weighted by Gasteiger charge is -2.30. The molecule has 2 heterocycles. The van der Waals surface area contributed by atoms with Crippen LogP contribution in [0.15, 0.2) is 54.6 Å². The highest BCUT2D eigenvalue weighted by molar-refractivity contribution is 6.30. The summed E-state index contributed by atoms with van der Waals surface area (Å²) in [5.74, 6) is 0.432. The highest BCUT2D eigenvalue weighted by Gasteiger charge is 2.23. The van der Waals surface area contributed by atoms with Crippen LogP contribution in [-0.4, -0.2) is 29.3 Å². The molecule has 25 heavy (non-hydrogen) atoms. The molecule has 2 N–H and O–H groups in total. The van der Waals surface area contributed by atoms with Gasteiger partial charge in [-0.3, -0.25) is 0 Å². The predicted molar refractivity (Wildman–Crippen MR) is 103 cm³/mol. The zero-order valence-electron chi connectivity index (χ0n) is 14.0. The molecule has 2 aromatic carbocycles. The summed E-state index contributed by atoms with van der Waals surface area (Å²) in [5, 5.41) is 14.8. The number of piperidine rings is 1. The summed E-state index contributed by atoms with van der Waals surface area (Å²) in [6.45, 7) is 1.10. The van der Waals surface area contributed by atoms with Gasteiger partial charge in [-0.1, -0.05) is 41.9 Å². The third-order valence-corrected chi connectivity index (χ3v) is 5.32. The number of fused-ring (bicyclic) bond motifs is 1. The van der Waals surface area contributed by atoms with E-state index in [0.29, 0.717) is 5.92 Å². The molecule has 1 aliphatic rings. The first-order valence-electron chi connectivity index (χ1n) is 8.74. The highest BCUT2D eigenvalue weighted by atomic mass is 35.5. The minimum Gasteiger partial charge on any atom is -0.395 e. The van der Waals surface area contributed by atoms with Gasteiger partial charge in [-0.05, 0) is 48.6 Å². The van der Waals surface area contributed by atoms with Gasteiger partial charge in [-0.15, -0.1) is 0 Å². The first-order valence-corrected chi connectivity index (χ1v) is 9.12. The Morgan fingerprint density at radius 3 is 2.60 bits per heavy atom. The Morgan fingerprint density at radius 2 is 1.88 bits per heavy atom. The van der Waals surface area contributed by atoms with E-state index in [4.69, 9.17) is 16.6 Å². The largest absolute Gasteiger partial charge is 0.395 e. The number of nitrogens with zero attached hydrogens (tertiary/aromatic N) is 1. The lowest BCUT2D eigenvalue weighted by molar-refractivity contribution is 0.213. The fraction of sp³-hybridized carbons (Fsp3) is 0.286. The maximum absolute atomic E-state index is 9.35. The van der Waals surface area contributed by atoms with E-state index in [1.807, 2.05) is 30.3 Å². The molecule has 0 spiro atoms. The van der Waals surface area contributed by atoms with Gasteiger partial charge in [-0.25, -0.2) is 4.98 Å². The number of hydrogen-bond donors (Lipinski definition) is 2. The van der Waals surface area contributed by atoms with Crippen molar-refractivity contribution in [2.45, 2.75) is 24.8 Å². The summed E-state index contributed by atoms with van der Waals surface area (Å²) in [4.78, 5) is 4.86. The van der Waals surface area contributed by atoms with Crippen LogP contribution in [-0.2, 0) is 0 Å². The predicted octanol–water partition coefficient (Wildman–Crippen LogP) is 4.38. The minimum atomic E-state index is 0.208. The van der Waals surface area contributed by atoms with Crippen molar-refractivity contribution in [3.8, 4) is 11.3 Å². The van der Waals surface area contributed by atoms with Gasteiger partial charge in [0.1, 0.15) is 0 Å². The maximum Gasteiger partial charge on any atom is 0.0712 e. The van der Waals surface area contributed by atoms with E-state index in [-0.39, 0.29) is 12.6 Å². The van der Waals surface area contributed by atoms with Crippen molar-refractivity contribution in [1.29, 1.82) is 0 Å². The molecule has 4 rings (SSSR count). The number of para-hydroxylation sites is 1. The Bertz CT molecular complexity index is 871. The van der Waals surface area contributed by atoms with Gasteiger partial charge in [0.15, 0.2) is 0 Å². The first kappa shape index (κ1) is 16.5. The molecular formula is C21H21ClN2O. The molecule has 3 aromatic rings. The standard InChI is InChI=1S/C21H21ClN2O/c22-16-8-5-14(6-9-16)21-11-19(15-7-10-17(13-25)23-12-15)18-3-1-2-4-20(18)24-21/h1-6,8-9,11,15,17,23,25H,7,10,12-13H2/t15?,17-/m1/s1. The molecule has 1 aliphatic heterocycles. The molecule has 4 heteroatoms. The van der Waals surface area contributed by atoms with E-state index in [2.05, 4.69) is 29.6 Å². The van der Waals surface area contributed by atoms with Crippen LogP contribution in [0, 0.1) is 0 Å². The lowest BCUT2D eigenvalue weighted by atomic mass is 9.86. The quantitative estimate of drug-likeness (QED) is 0.735. The summed E-state index contributed by atoms with van der Waals surface area (Å²) in [6, 6.07) is 18.6. The Kier molecular flexibility index (Phi) is 4.71. The summed E-state index contributed by atoms with van der Waals surface area (Å²) < 4.78 is 0. The van der Waals surface area contributed by atoms with Crippen molar-refractivity contribution >= 4 is 22.5 Å². The van der Waals surface area contributed by atoms with Crippen LogP contribution >= 0.6 is 11.6 Å². The Hall–Kier alpha value is -1.94. The van der Waals surface area contributed by atoms with Crippen molar-refractivity contribution in [3.05, 3.63) is 65.2 Å². The van der Waals surface area contributed by atoms with Crippen LogP contribution < -0.4 is 5.32 Å². The fourth-order valence-corrected chi connectivity index (χ4v) is 3.77. The van der Waals surface area contributed by atoms with E-state index in [1.54, 1.807) is 0 Å². The van der Waals surface area contributed by atoms with E-state index in [9.17, 15) is 5.11 Å². The van der Waals surface area contributed by atoms with Crippen molar-refractivity contribution in [2.24, 2.45) is 0 Å². The zero-order chi connectivity index (χ0) is 17.2. The van der Waals surface area contributed by atoms with E-state index in [1.165, 1.54) is 10.9 Å². The van der Waals surface area contributed by atoms with Crippen LogP contribution in [0.4, 0.5) is 0 Å². The molecule has 0 aliphatic carbocycles. The zero-order valence-corrected chi connectivity index (χ0v) is 14.7. The molecule has 1 aromatic heterocycles. The molecule has 0 saturated carbocycles.